The summed E-state index contributed by atoms with van der Waals surface area (Å²) in [6.07, 6.45) is -0.214. The van der Waals surface area contributed by atoms with E-state index in [9.17, 15) is 4.79 Å². The molecule has 0 aromatic heterocycles. The number of rotatable bonds is 0. The Labute approximate surface area is 92.8 Å². The van der Waals surface area contributed by atoms with Crippen LogP contribution in [0.15, 0.2) is 24.3 Å². The van der Waals surface area contributed by atoms with Crippen LogP contribution < -0.4 is 0 Å². The molecule has 3 aliphatic heterocycles. The van der Waals surface area contributed by atoms with Gasteiger partial charge in [0.15, 0.2) is 0 Å². The zero-order valence-electron chi connectivity index (χ0n) is 8.68. The second-order valence-corrected chi connectivity index (χ2v) is 4.56. The first-order chi connectivity index (χ1) is 7.81. The number of benzene rings is 1. The smallest absolute Gasteiger partial charge is 0.410 e. The van der Waals surface area contributed by atoms with Gasteiger partial charge < -0.3 is 9.47 Å². The molecule has 4 nitrogen and oxygen atoms in total. The van der Waals surface area contributed by atoms with Crippen molar-refractivity contribution >= 4 is 6.09 Å². The van der Waals surface area contributed by atoms with E-state index >= 15 is 0 Å². The molecule has 1 aromatic carbocycles. The van der Waals surface area contributed by atoms with Crippen LogP contribution in [0.2, 0.25) is 0 Å². The van der Waals surface area contributed by atoms with Crippen LogP contribution in [0.5, 0.6) is 0 Å². The molecule has 2 fully saturated rings. The molecule has 3 heterocycles. The van der Waals surface area contributed by atoms with Crippen LogP contribution in [0, 0.1) is 0 Å². The number of hydrogen-bond donors (Lipinski definition) is 0. The summed E-state index contributed by atoms with van der Waals surface area (Å²) in [5.41, 5.74) is 2.13. The van der Waals surface area contributed by atoms with Crippen LogP contribution in [0.3, 0.4) is 0 Å². The molecule has 1 unspecified atom stereocenters. The highest BCUT2D eigenvalue weighted by Gasteiger charge is 2.62. The first-order valence-electron chi connectivity index (χ1n) is 5.47. The van der Waals surface area contributed by atoms with Crippen LogP contribution in [-0.4, -0.2) is 30.2 Å². The summed E-state index contributed by atoms with van der Waals surface area (Å²) in [6, 6.07) is 8.24. The summed E-state index contributed by atoms with van der Waals surface area (Å²) < 4.78 is 10.8. The maximum atomic E-state index is 11.6. The van der Waals surface area contributed by atoms with Gasteiger partial charge in [-0.05, 0) is 11.1 Å². The van der Waals surface area contributed by atoms with E-state index in [0.29, 0.717) is 19.8 Å². The van der Waals surface area contributed by atoms with E-state index in [1.807, 2.05) is 12.1 Å². The Morgan fingerprint density at radius 3 is 3.00 bits per heavy atom. The van der Waals surface area contributed by atoms with Crippen LogP contribution in [-0.2, 0) is 21.6 Å². The Bertz CT molecular complexity index is 481. The molecular weight excluding hydrogens is 206 g/mol. The van der Waals surface area contributed by atoms with Crippen molar-refractivity contribution in [3.63, 3.8) is 0 Å². The normalized spacial score (nSPS) is 34.6. The third-order valence-electron chi connectivity index (χ3n) is 3.78. The molecule has 1 aromatic rings. The fourth-order valence-corrected chi connectivity index (χ4v) is 2.87. The molecule has 0 aliphatic carbocycles. The molecule has 2 atom stereocenters. The molecule has 4 rings (SSSR count). The second kappa shape index (κ2) is 2.58. The molecule has 0 bridgehead atoms. The van der Waals surface area contributed by atoms with Crippen molar-refractivity contribution in [2.75, 3.05) is 13.2 Å². The van der Waals surface area contributed by atoms with Crippen molar-refractivity contribution in [1.82, 2.24) is 4.90 Å². The van der Waals surface area contributed by atoms with E-state index in [-0.39, 0.29) is 17.7 Å². The summed E-state index contributed by atoms with van der Waals surface area (Å²) in [5, 5.41) is 0. The quantitative estimate of drug-likeness (QED) is 0.614. The molecule has 0 saturated carbocycles. The number of cyclic esters (lactones) is 1. The highest BCUT2D eigenvalue weighted by atomic mass is 16.6. The molecule has 4 heteroatoms. The summed E-state index contributed by atoms with van der Waals surface area (Å²) in [4.78, 5) is 13.4. The van der Waals surface area contributed by atoms with E-state index in [2.05, 4.69) is 12.1 Å². The van der Waals surface area contributed by atoms with E-state index in [0.717, 1.165) is 0 Å². The molecule has 82 valence electrons. The largest absolute Gasteiger partial charge is 0.447 e. The van der Waals surface area contributed by atoms with E-state index in [1.54, 1.807) is 4.90 Å². The summed E-state index contributed by atoms with van der Waals surface area (Å²) in [7, 11) is 0. The Morgan fingerprint density at radius 1 is 1.38 bits per heavy atom. The lowest BCUT2D eigenvalue weighted by atomic mass is 9.84. The fourth-order valence-electron chi connectivity index (χ4n) is 2.87. The fraction of sp³-hybridized carbons (Fsp3) is 0.417. The summed E-state index contributed by atoms with van der Waals surface area (Å²) >= 11 is 0. The third-order valence-corrected chi connectivity index (χ3v) is 3.78. The first kappa shape index (κ1) is 8.58. The molecule has 0 radical (unpaired) electrons. The maximum Gasteiger partial charge on any atom is 0.410 e. The van der Waals surface area contributed by atoms with Crippen molar-refractivity contribution in [2.45, 2.75) is 18.2 Å². The van der Waals surface area contributed by atoms with E-state index < -0.39 is 0 Å². The van der Waals surface area contributed by atoms with Gasteiger partial charge in [-0.15, -0.1) is 0 Å². The van der Waals surface area contributed by atoms with Gasteiger partial charge in [-0.2, -0.15) is 0 Å². The standard InChI is InChI=1S/C12H11NO3/c14-11-13-5-8-3-1-2-4-9(8)12(7-16-12)10(13)6-15-11/h1-4,10H,5-7H2/t10-,12?/m1/s1. The number of hydrogen-bond acceptors (Lipinski definition) is 3. The molecule has 1 spiro atoms. The molecule has 3 aliphatic rings. The number of fused-ring (bicyclic) bond motifs is 4. The Morgan fingerprint density at radius 2 is 2.19 bits per heavy atom. The van der Waals surface area contributed by atoms with Crippen molar-refractivity contribution in [3.05, 3.63) is 35.4 Å². The number of epoxide rings is 1. The molecule has 1 amide bonds. The highest BCUT2D eigenvalue weighted by molar-refractivity contribution is 5.71. The van der Waals surface area contributed by atoms with Crippen LogP contribution in [0.1, 0.15) is 11.1 Å². The highest BCUT2D eigenvalue weighted by Crippen LogP contribution is 2.50. The lowest BCUT2D eigenvalue weighted by Gasteiger charge is -2.33. The first-order valence-corrected chi connectivity index (χ1v) is 5.47. The van der Waals surface area contributed by atoms with Crippen molar-refractivity contribution in [2.24, 2.45) is 0 Å². The minimum Gasteiger partial charge on any atom is -0.447 e. The van der Waals surface area contributed by atoms with Gasteiger partial charge in [-0.1, -0.05) is 24.3 Å². The minimum atomic E-state index is -0.277. The van der Waals surface area contributed by atoms with Crippen molar-refractivity contribution in [1.29, 1.82) is 0 Å². The monoisotopic (exact) mass is 217 g/mol. The van der Waals surface area contributed by atoms with Crippen molar-refractivity contribution < 1.29 is 14.3 Å². The SMILES string of the molecule is O=C1OC[C@H]2N1Cc1ccccc1C21CO1. The average molecular weight is 217 g/mol. The predicted octanol–water partition coefficient (Wildman–Crippen LogP) is 1.25. The molecule has 16 heavy (non-hydrogen) atoms. The Kier molecular flexibility index (Phi) is 1.38. The topological polar surface area (TPSA) is 42.1 Å². The number of amides is 1. The zero-order chi connectivity index (χ0) is 10.8. The van der Waals surface area contributed by atoms with E-state index in [1.165, 1.54) is 11.1 Å². The minimum absolute atomic E-state index is 0.0647. The average Bonchev–Trinajstić information content (AvgIpc) is 3.01. The summed E-state index contributed by atoms with van der Waals surface area (Å²) in [6.45, 7) is 1.79. The van der Waals surface area contributed by atoms with Gasteiger partial charge in [0.1, 0.15) is 18.2 Å². The van der Waals surface area contributed by atoms with Gasteiger partial charge in [0, 0.05) is 6.54 Å². The van der Waals surface area contributed by atoms with Gasteiger partial charge in [0.05, 0.1) is 6.61 Å². The molecule has 2 saturated heterocycles. The lowest BCUT2D eigenvalue weighted by molar-refractivity contribution is 0.133. The Hall–Kier alpha value is -1.55. The van der Waals surface area contributed by atoms with Crippen molar-refractivity contribution in [3.8, 4) is 0 Å². The summed E-state index contributed by atoms with van der Waals surface area (Å²) in [5.74, 6) is 0. The van der Waals surface area contributed by atoms with Gasteiger partial charge >= 0.3 is 6.09 Å². The van der Waals surface area contributed by atoms with Crippen LogP contribution in [0.25, 0.3) is 0 Å². The predicted molar refractivity (Wildman–Crippen MR) is 54.8 cm³/mol. The molecule has 0 N–H and O–H groups in total. The van der Waals surface area contributed by atoms with Crippen LogP contribution >= 0.6 is 0 Å². The lowest BCUT2D eigenvalue weighted by Crippen LogP contribution is -2.47. The Balaban J connectivity index is 1.89. The van der Waals surface area contributed by atoms with Gasteiger partial charge in [0.25, 0.3) is 0 Å². The number of nitrogens with zero attached hydrogens (tertiary/aromatic N) is 1. The van der Waals surface area contributed by atoms with Gasteiger partial charge in [0.2, 0.25) is 0 Å². The van der Waals surface area contributed by atoms with Gasteiger partial charge in [-0.3, -0.25) is 4.90 Å². The maximum absolute atomic E-state index is 11.6. The number of ether oxygens (including phenoxy) is 2. The third kappa shape index (κ3) is 0.865. The zero-order valence-corrected chi connectivity index (χ0v) is 8.68. The second-order valence-electron chi connectivity index (χ2n) is 4.56. The molecular formula is C12H11NO3. The number of carbonyl (C=O) groups is 1. The number of carbonyl (C=O) groups excluding carboxylic acids is 1. The van der Waals surface area contributed by atoms with E-state index in [4.69, 9.17) is 9.47 Å². The van der Waals surface area contributed by atoms with Gasteiger partial charge in [-0.25, -0.2) is 4.79 Å². The van der Waals surface area contributed by atoms with Crippen LogP contribution in [0.4, 0.5) is 4.79 Å².